The Kier molecular flexibility index (Phi) is 7.70. The Morgan fingerprint density at radius 3 is 2.21 bits per heavy atom. The Morgan fingerprint density at radius 1 is 1.11 bits per heavy atom. The van der Waals surface area contributed by atoms with Gasteiger partial charge in [0.25, 0.3) is 0 Å². The summed E-state index contributed by atoms with van der Waals surface area (Å²) in [5.41, 5.74) is 5.99. The van der Waals surface area contributed by atoms with Gasteiger partial charge in [0.05, 0.1) is 6.04 Å². The van der Waals surface area contributed by atoms with E-state index in [1.54, 1.807) is 0 Å². The number of rotatable bonds is 7. The fraction of sp³-hybridized carbons (Fsp3) is 0.778. The van der Waals surface area contributed by atoms with E-state index in [1.807, 2.05) is 13.8 Å². The van der Waals surface area contributed by atoms with Gasteiger partial charge < -0.3 is 26.0 Å². The van der Waals surface area contributed by atoms with Gasteiger partial charge >= 0.3 is 5.97 Å². The van der Waals surface area contributed by atoms with Crippen molar-refractivity contribution in [1.29, 1.82) is 0 Å². The molecule has 2 aliphatic heterocycles. The highest BCUT2D eigenvalue weighted by Gasteiger charge is 2.43. The molecule has 2 saturated heterocycles. The lowest BCUT2D eigenvalue weighted by atomic mass is 10.0. The zero-order chi connectivity index (χ0) is 21.0. The van der Waals surface area contributed by atoms with E-state index in [2.05, 4.69) is 17.9 Å². The summed E-state index contributed by atoms with van der Waals surface area (Å²) in [5.74, 6) is -2.26. The molecule has 2 fully saturated rings. The highest BCUT2D eigenvalue weighted by molar-refractivity contribution is 7.80. The van der Waals surface area contributed by atoms with Gasteiger partial charge in [-0.1, -0.05) is 13.8 Å². The van der Waals surface area contributed by atoms with Crippen LogP contribution >= 0.6 is 12.6 Å². The summed E-state index contributed by atoms with van der Waals surface area (Å²) in [5, 5.41) is 11.5. The smallest absolute Gasteiger partial charge is 0.327 e. The summed E-state index contributed by atoms with van der Waals surface area (Å²) in [6.45, 7) is 4.60. The van der Waals surface area contributed by atoms with Crippen LogP contribution in [0.2, 0.25) is 0 Å². The first kappa shape index (κ1) is 22.5. The van der Waals surface area contributed by atoms with Gasteiger partial charge in [0.1, 0.15) is 18.1 Å². The van der Waals surface area contributed by atoms with E-state index >= 15 is 0 Å². The number of thiol groups is 1. The predicted octanol–water partition coefficient (Wildman–Crippen LogP) is -0.549. The number of nitrogens with one attached hydrogen (secondary N) is 1. The van der Waals surface area contributed by atoms with Crippen molar-refractivity contribution in [3.05, 3.63) is 0 Å². The molecule has 4 N–H and O–H groups in total. The molecule has 0 radical (unpaired) electrons. The van der Waals surface area contributed by atoms with Crippen LogP contribution in [0.4, 0.5) is 0 Å². The Labute approximate surface area is 170 Å². The van der Waals surface area contributed by atoms with E-state index in [1.165, 1.54) is 9.80 Å². The molecule has 0 saturated carbocycles. The molecule has 0 spiro atoms. The third-order valence-electron chi connectivity index (χ3n) is 5.46. The molecule has 9 nitrogen and oxygen atoms in total. The summed E-state index contributed by atoms with van der Waals surface area (Å²) in [6, 6.07) is -3.13. The maximum Gasteiger partial charge on any atom is 0.327 e. The summed E-state index contributed by atoms with van der Waals surface area (Å²) in [7, 11) is 0. The number of nitrogens with two attached hydrogens (primary N) is 1. The number of carboxylic acids is 1. The third kappa shape index (κ3) is 4.78. The lowest BCUT2D eigenvalue weighted by Crippen LogP contribution is -2.57. The van der Waals surface area contributed by atoms with Crippen LogP contribution in [-0.4, -0.2) is 81.6 Å². The molecular formula is C18H30N4O5S. The normalized spacial score (nSPS) is 24.3. The van der Waals surface area contributed by atoms with Crippen LogP contribution in [0.25, 0.3) is 0 Å². The zero-order valence-corrected chi connectivity index (χ0v) is 17.2. The quantitative estimate of drug-likeness (QED) is 0.413. The SMILES string of the molecule is CC(C)C(N)C(=O)N1CCCC1C(=O)N1CCCC1C(=O)NC(CS)C(=O)O. The summed E-state index contributed by atoms with van der Waals surface area (Å²) in [6.07, 6.45) is 2.35. The molecule has 28 heavy (non-hydrogen) atoms. The molecule has 158 valence electrons. The number of amides is 3. The van der Waals surface area contributed by atoms with Crippen molar-refractivity contribution in [2.45, 2.75) is 63.7 Å². The molecule has 3 amide bonds. The summed E-state index contributed by atoms with van der Waals surface area (Å²) < 4.78 is 0. The molecule has 2 heterocycles. The van der Waals surface area contributed by atoms with Gasteiger partial charge in [0, 0.05) is 18.8 Å². The van der Waals surface area contributed by atoms with Gasteiger partial charge in [-0.05, 0) is 31.6 Å². The summed E-state index contributed by atoms with van der Waals surface area (Å²) >= 11 is 3.94. The number of hydrogen-bond acceptors (Lipinski definition) is 6. The van der Waals surface area contributed by atoms with Crippen LogP contribution in [0.15, 0.2) is 0 Å². The van der Waals surface area contributed by atoms with Crippen molar-refractivity contribution in [3.63, 3.8) is 0 Å². The molecule has 10 heteroatoms. The summed E-state index contributed by atoms with van der Waals surface area (Å²) in [4.78, 5) is 52.5. The average molecular weight is 415 g/mol. The molecule has 0 aromatic heterocycles. The first-order valence-electron chi connectivity index (χ1n) is 9.69. The molecule has 0 bridgehead atoms. The second kappa shape index (κ2) is 9.60. The minimum atomic E-state index is -1.17. The van der Waals surface area contributed by atoms with Gasteiger partial charge in [0.15, 0.2) is 0 Å². The molecule has 0 aliphatic carbocycles. The molecule has 0 aromatic carbocycles. The number of nitrogens with zero attached hydrogens (tertiary/aromatic N) is 2. The van der Waals surface area contributed by atoms with Gasteiger partial charge in [0.2, 0.25) is 17.7 Å². The maximum absolute atomic E-state index is 13.1. The van der Waals surface area contributed by atoms with Crippen LogP contribution in [0.5, 0.6) is 0 Å². The number of carbonyl (C=O) groups excluding carboxylic acids is 3. The van der Waals surface area contributed by atoms with Crippen molar-refractivity contribution < 1.29 is 24.3 Å². The van der Waals surface area contributed by atoms with Gasteiger partial charge in [-0.15, -0.1) is 0 Å². The van der Waals surface area contributed by atoms with Gasteiger partial charge in [-0.25, -0.2) is 4.79 Å². The topological polar surface area (TPSA) is 133 Å². The van der Waals surface area contributed by atoms with Crippen LogP contribution < -0.4 is 11.1 Å². The second-order valence-corrected chi connectivity index (χ2v) is 8.10. The van der Waals surface area contributed by atoms with Crippen molar-refractivity contribution in [2.75, 3.05) is 18.8 Å². The first-order chi connectivity index (χ1) is 13.2. The first-order valence-corrected chi connectivity index (χ1v) is 10.3. The van der Waals surface area contributed by atoms with Crippen LogP contribution in [0, 0.1) is 5.92 Å². The van der Waals surface area contributed by atoms with Crippen LogP contribution in [0.3, 0.4) is 0 Å². The van der Waals surface area contributed by atoms with Gasteiger partial charge in [-0.2, -0.15) is 12.6 Å². The molecule has 2 aliphatic rings. The Bertz CT molecular complexity index is 629. The molecule has 4 atom stereocenters. The molecule has 0 aromatic rings. The minimum Gasteiger partial charge on any atom is -0.480 e. The Hall–Kier alpha value is -1.81. The molecule has 4 unspecified atom stereocenters. The Morgan fingerprint density at radius 2 is 1.68 bits per heavy atom. The number of aliphatic carboxylic acids is 1. The standard InChI is InChI=1S/C18H30N4O5S/c1-10(2)14(19)17(25)22-8-4-6-13(22)16(24)21-7-3-5-12(21)15(23)20-11(9-28)18(26)27/h10-14,28H,3-9,19H2,1-2H3,(H,20,23)(H,26,27). The number of carboxylic acid groups (broad SMARTS) is 1. The lowest BCUT2D eigenvalue weighted by Gasteiger charge is -2.33. The second-order valence-electron chi connectivity index (χ2n) is 7.73. The predicted molar refractivity (Wildman–Crippen MR) is 106 cm³/mol. The average Bonchev–Trinajstić information content (AvgIpc) is 3.32. The molecular weight excluding hydrogens is 384 g/mol. The highest BCUT2D eigenvalue weighted by atomic mass is 32.1. The number of carbonyl (C=O) groups is 4. The van der Waals surface area contributed by atoms with Crippen molar-refractivity contribution in [3.8, 4) is 0 Å². The lowest BCUT2D eigenvalue weighted by molar-refractivity contribution is -0.148. The Balaban J connectivity index is 2.10. The zero-order valence-electron chi connectivity index (χ0n) is 16.3. The van der Waals surface area contributed by atoms with Crippen molar-refractivity contribution in [1.82, 2.24) is 15.1 Å². The van der Waals surface area contributed by atoms with Crippen molar-refractivity contribution in [2.24, 2.45) is 11.7 Å². The monoisotopic (exact) mass is 414 g/mol. The highest BCUT2D eigenvalue weighted by Crippen LogP contribution is 2.26. The van der Waals surface area contributed by atoms with E-state index in [9.17, 15) is 19.2 Å². The van der Waals surface area contributed by atoms with E-state index in [0.717, 1.165) is 0 Å². The van der Waals surface area contributed by atoms with Crippen LogP contribution in [-0.2, 0) is 19.2 Å². The van der Waals surface area contributed by atoms with Gasteiger partial charge in [-0.3, -0.25) is 14.4 Å². The minimum absolute atomic E-state index is 0.0386. The van der Waals surface area contributed by atoms with E-state index in [-0.39, 0.29) is 23.5 Å². The van der Waals surface area contributed by atoms with E-state index in [4.69, 9.17) is 10.8 Å². The molecule has 2 rings (SSSR count). The maximum atomic E-state index is 13.1. The number of hydrogen-bond donors (Lipinski definition) is 4. The fourth-order valence-electron chi connectivity index (χ4n) is 3.71. The fourth-order valence-corrected chi connectivity index (χ4v) is 3.96. The van der Waals surface area contributed by atoms with Crippen molar-refractivity contribution >= 4 is 36.3 Å². The largest absolute Gasteiger partial charge is 0.480 e. The van der Waals surface area contributed by atoms with E-state index < -0.39 is 36.0 Å². The third-order valence-corrected chi connectivity index (χ3v) is 5.83. The number of likely N-dealkylation sites (tertiary alicyclic amines) is 2. The van der Waals surface area contributed by atoms with Crippen LogP contribution in [0.1, 0.15) is 39.5 Å². The van der Waals surface area contributed by atoms with E-state index in [0.29, 0.717) is 38.8 Å².